The van der Waals surface area contributed by atoms with Crippen LogP contribution < -0.4 is 0 Å². The Morgan fingerprint density at radius 1 is 1.12 bits per heavy atom. The van der Waals surface area contributed by atoms with E-state index >= 15 is 0 Å². The van der Waals surface area contributed by atoms with Gasteiger partial charge in [-0.05, 0) is 53.3 Å². The van der Waals surface area contributed by atoms with Crippen molar-refractivity contribution < 1.29 is 18.3 Å². The minimum atomic E-state index is -4.49. The molecule has 0 atom stereocenters. The van der Waals surface area contributed by atoms with Crippen LogP contribution in [-0.4, -0.2) is 9.67 Å². The summed E-state index contributed by atoms with van der Waals surface area (Å²) in [5.74, 6) is 0.0547. The van der Waals surface area contributed by atoms with E-state index in [4.69, 9.17) is 6.57 Å². The quantitative estimate of drug-likeness (QED) is 0.592. The van der Waals surface area contributed by atoms with Crippen molar-refractivity contribution in [3.63, 3.8) is 0 Å². The molecule has 24 heavy (non-hydrogen) atoms. The third-order valence-electron chi connectivity index (χ3n) is 4.05. The van der Waals surface area contributed by atoms with E-state index in [-0.39, 0.29) is 11.4 Å². The Morgan fingerprint density at radius 2 is 1.83 bits per heavy atom. The Bertz CT molecular complexity index is 994. The maximum atomic E-state index is 13.2. The number of fused-ring (bicyclic) bond motifs is 1. The molecule has 0 radical (unpaired) electrons. The number of alkyl halides is 3. The lowest BCUT2D eigenvalue weighted by Gasteiger charge is -2.12. The van der Waals surface area contributed by atoms with E-state index < -0.39 is 11.9 Å². The van der Waals surface area contributed by atoms with Gasteiger partial charge in [0.2, 0.25) is 0 Å². The standard InChI is InChI=1S/C18H13F3N2O/c1-10-4-5-11(7-15(10)24)14-9-13(22-2)6-12-8-16(18(19,20)21)23(3)17(12)14/h4-9,24H,1,3H3. The molecule has 0 bridgehead atoms. The van der Waals surface area contributed by atoms with Gasteiger partial charge in [0.05, 0.1) is 12.1 Å². The first-order valence-electron chi connectivity index (χ1n) is 7.10. The van der Waals surface area contributed by atoms with Gasteiger partial charge in [-0.15, -0.1) is 0 Å². The maximum absolute atomic E-state index is 13.2. The topological polar surface area (TPSA) is 29.5 Å². The molecular weight excluding hydrogens is 317 g/mol. The van der Waals surface area contributed by atoms with E-state index in [1.165, 1.54) is 19.2 Å². The first-order chi connectivity index (χ1) is 11.2. The SMILES string of the molecule is [C-]#[N+]c1cc(-c2ccc(C)c(O)c2)c2c(c1)cc(C(F)(F)F)n2C. The largest absolute Gasteiger partial charge is 0.508 e. The second-order valence-electron chi connectivity index (χ2n) is 5.63. The molecule has 0 unspecified atom stereocenters. The summed E-state index contributed by atoms with van der Waals surface area (Å²) in [5.41, 5.74) is 1.54. The summed E-state index contributed by atoms with van der Waals surface area (Å²) in [4.78, 5) is 3.34. The number of phenols is 1. The van der Waals surface area contributed by atoms with Gasteiger partial charge in [0, 0.05) is 7.05 Å². The van der Waals surface area contributed by atoms with Gasteiger partial charge in [-0.2, -0.15) is 13.2 Å². The normalized spacial score (nSPS) is 11.7. The highest BCUT2D eigenvalue weighted by atomic mass is 19.4. The lowest BCUT2D eigenvalue weighted by Crippen LogP contribution is -2.10. The second-order valence-corrected chi connectivity index (χ2v) is 5.63. The third kappa shape index (κ3) is 2.48. The van der Waals surface area contributed by atoms with Gasteiger partial charge in [0.1, 0.15) is 11.4 Å². The van der Waals surface area contributed by atoms with Crippen molar-refractivity contribution in [2.75, 3.05) is 0 Å². The highest BCUT2D eigenvalue weighted by Crippen LogP contribution is 2.40. The number of rotatable bonds is 1. The van der Waals surface area contributed by atoms with Crippen molar-refractivity contribution in [2.45, 2.75) is 13.1 Å². The van der Waals surface area contributed by atoms with Crippen molar-refractivity contribution in [1.82, 2.24) is 4.57 Å². The Hall–Kier alpha value is -2.94. The summed E-state index contributed by atoms with van der Waals surface area (Å²) >= 11 is 0. The van der Waals surface area contributed by atoms with Gasteiger partial charge < -0.3 is 9.67 Å². The molecule has 2 aromatic carbocycles. The van der Waals surface area contributed by atoms with Crippen molar-refractivity contribution >= 4 is 16.6 Å². The summed E-state index contributed by atoms with van der Waals surface area (Å²) in [5, 5.41) is 10.3. The lowest BCUT2D eigenvalue weighted by molar-refractivity contribution is -0.142. The minimum absolute atomic E-state index is 0.0547. The number of nitrogens with zero attached hydrogens (tertiary/aromatic N) is 2. The van der Waals surface area contributed by atoms with E-state index in [0.29, 0.717) is 27.6 Å². The van der Waals surface area contributed by atoms with Crippen LogP contribution in [0.1, 0.15) is 11.3 Å². The summed E-state index contributed by atoms with van der Waals surface area (Å²) in [7, 11) is 1.35. The second kappa shape index (κ2) is 5.31. The molecule has 3 rings (SSSR count). The van der Waals surface area contributed by atoms with E-state index in [9.17, 15) is 18.3 Å². The fraction of sp³-hybridized carbons (Fsp3) is 0.167. The molecule has 3 aromatic rings. The van der Waals surface area contributed by atoms with Gasteiger partial charge in [0.15, 0.2) is 5.69 Å². The minimum Gasteiger partial charge on any atom is -0.508 e. The predicted octanol–water partition coefficient (Wildman–Crippen LogP) is 5.43. The molecule has 1 N–H and O–H groups in total. The Morgan fingerprint density at radius 3 is 2.42 bits per heavy atom. The molecule has 0 spiro atoms. The van der Waals surface area contributed by atoms with Crippen LogP contribution in [0.25, 0.3) is 26.9 Å². The monoisotopic (exact) mass is 330 g/mol. The molecular formula is C18H13F3N2O. The molecule has 0 aliphatic rings. The van der Waals surface area contributed by atoms with Gasteiger partial charge >= 0.3 is 6.18 Å². The predicted molar refractivity (Wildman–Crippen MR) is 86.0 cm³/mol. The zero-order valence-electron chi connectivity index (χ0n) is 12.9. The zero-order valence-corrected chi connectivity index (χ0v) is 12.9. The molecule has 1 aromatic heterocycles. The number of phenolic OH excluding ortho intramolecular Hbond substituents is 1. The van der Waals surface area contributed by atoms with Crippen molar-refractivity contribution in [1.29, 1.82) is 0 Å². The van der Waals surface area contributed by atoms with E-state index in [0.717, 1.165) is 10.6 Å². The van der Waals surface area contributed by atoms with Crippen molar-refractivity contribution in [3.8, 4) is 16.9 Å². The van der Waals surface area contributed by atoms with Crippen LogP contribution in [0.15, 0.2) is 36.4 Å². The highest BCUT2D eigenvalue weighted by molar-refractivity contribution is 5.98. The van der Waals surface area contributed by atoms with Crippen LogP contribution in [0.2, 0.25) is 0 Å². The molecule has 3 nitrogen and oxygen atoms in total. The highest BCUT2D eigenvalue weighted by Gasteiger charge is 2.35. The fourth-order valence-electron chi connectivity index (χ4n) is 2.82. The van der Waals surface area contributed by atoms with Crippen LogP contribution in [0, 0.1) is 13.5 Å². The molecule has 6 heteroatoms. The van der Waals surface area contributed by atoms with Crippen LogP contribution in [0.5, 0.6) is 5.75 Å². The summed E-state index contributed by atoms with van der Waals surface area (Å²) in [6.45, 7) is 8.92. The summed E-state index contributed by atoms with van der Waals surface area (Å²) in [6.07, 6.45) is -4.49. The molecule has 0 amide bonds. The fourth-order valence-corrected chi connectivity index (χ4v) is 2.82. The third-order valence-corrected chi connectivity index (χ3v) is 4.05. The lowest BCUT2D eigenvalue weighted by atomic mass is 10.0. The van der Waals surface area contributed by atoms with Crippen LogP contribution in [-0.2, 0) is 13.2 Å². The average Bonchev–Trinajstić information content (AvgIpc) is 2.86. The molecule has 0 saturated heterocycles. The number of benzene rings is 2. The number of aromatic hydroxyl groups is 1. The van der Waals surface area contributed by atoms with Gasteiger partial charge in [0.25, 0.3) is 0 Å². The van der Waals surface area contributed by atoms with Crippen LogP contribution >= 0.6 is 0 Å². The van der Waals surface area contributed by atoms with Gasteiger partial charge in [-0.3, -0.25) is 0 Å². The van der Waals surface area contributed by atoms with Gasteiger partial charge in [-0.25, -0.2) is 4.85 Å². The molecule has 0 saturated carbocycles. The number of halogens is 3. The maximum Gasteiger partial charge on any atom is 0.431 e. The molecule has 0 aliphatic carbocycles. The summed E-state index contributed by atoms with van der Waals surface area (Å²) < 4.78 is 40.7. The Labute approximate surface area is 136 Å². The van der Waals surface area contributed by atoms with Crippen LogP contribution in [0.3, 0.4) is 0 Å². The number of hydrogen-bond acceptors (Lipinski definition) is 1. The van der Waals surface area contributed by atoms with E-state index in [2.05, 4.69) is 4.85 Å². The van der Waals surface area contributed by atoms with E-state index in [1.807, 2.05) is 0 Å². The molecule has 0 fully saturated rings. The van der Waals surface area contributed by atoms with Crippen molar-refractivity contribution in [3.05, 3.63) is 59.1 Å². The molecule has 0 aliphatic heterocycles. The Balaban J connectivity index is 2.39. The molecule has 1 heterocycles. The van der Waals surface area contributed by atoms with E-state index in [1.54, 1.807) is 25.1 Å². The van der Waals surface area contributed by atoms with Gasteiger partial charge in [-0.1, -0.05) is 12.1 Å². The smallest absolute Gasteiger partial charge is 0.431 e. The van der Waals surface area contributed by atoms with Crippen molar-refractivity contribution in [2.24, 2.45) is 7.05 Å². The van der Waals surface area contributed by atoms with Crippen LogP contribution in [0.4, 0.5) is 18.9 Å². The number of aromatic nitrogens is 1. The first-order valence-corrected chi connectivity index (χ1v) is 7.10. The molecule has 122 valence electrons. The first kappa shape index (κ1) is 15.9. The average molecular weight is 330 g/mol. The summed E-state index contributed by atoms with van der Waals surface area (Å²) in [6, 6.07) is 8.93. The zero-order chi connectivity index (χ0) is 17.6. The number of aryl methyl sites for hydroxylation is 2. The Kier molecular flexibility index (Phi) is 3.52. The number of hydrogen-bond donors (Lipinski definition) is 1.